The van der Waals surface area contributed by atoms with E-state index in [1.165, 1.54) is 12.7 Å². The lowest BCUT2D eigenvalue weighted by molar-refractivity contribution is -0.128. The van der Waals surface area contributed by atoms with Crippen LogP contribution in [0.4, 0.5) is 0 Å². The van der Waals surface area contributed by atoms with E-state index in [1.54, 1.807) is 30.6 Å². The lowest BCUT2D eigenvalue weighted by Gasteiger charge is -2.33. The Balaban J connectivity index is 1.53. The molecule has 5 N–H and O–H groups in total. The van der Waals surface area contributed by atoms with Gasteiger partial charge in [-0.05, 0) is 55.4 Å². The number of aliphatic hydroxyl groups excluding tert-OH is 1. The van der Waals surface area contributed by atoms with Crippen molar-refractivity contribution < 1.29 is 19.5 Å². The van der Waals surface area contributed by atoms with Gasteiger partial charge in [0, 0.05) is 42.4 Å². The smallest absolute Gasteiger partial charge is 0.251 e. The van der Waals surface area contributed by atoms with Crippen LogP contribution < -0.4 is 16.0 Å². The molecule has 2 heterocycles. The van der Waals surface area contributed by atoms with Gasteiger partial charge < -0.3 is 26.0 Å². The van der Waals surface area contributed by atoms with E-state index in [-0.39, 0.29) is 36.5 Å². The van der Waals surface area contributed by atoms with Gasteiger partial charge in [-0.2, -0.15) is 0 Å². The van der Waals surface area contributed by atoms with Crippen molar-refractivity contribution in [3.8, 4) is 11.3 Å². The summed E-state index contributed by atoms with van der Waals surface area (Å²) in [5.74, 6) is -0.829. The molecule has 10 nitrogen and oxygen atoms in total. The molecule has 2 aliphatic carbocycles. The summed E-state index contributed by atoms with van der Waals surface area (Å²) < 4.78 is 0. The van der Waals surface area contributed by atoms with E-state index < -0.39 is 24.1 Å². The molecule has 1 aromatic heterocycles. The van der Waals surface area contributed by atoms with E-state index in [1.807, 2.05) is 26.0 Å². The summed E-state index contributed by atoms with van der Waals surface area (Å²) in [4.78, 5) is 52.1. The van der Waals surface area contributed by atoms with Gasteiger partial charge in [0.15, 0.2) is 0 Å². The summed E-state index contributed by atoms with van der Waals surface area (Å²) in [7, 11) is 0. The third-order valence-electron chi connectivity index (χ3n) is 9.03. The monoisotopic (exact) mass is 618 g/mol. The highest BCUT2D eigenvalue weighted by Gasteiger charge is 2.33. The molecule has 1 saturated carbocycles. The number of fused-ring (bicyclic) bond motifs is 1. The standard InChI is InChI=1S/C35H50N6O4/c1-4-5-15-38-34(44)28(23(2)3)20-32(42)30(17-24-10-7-6-8-11-24)40-35(45)31(19-27-21-36-22-39-27)41-33(43)26-12-9-13-29-25(18-26)14-16-37-29/h9,12-14,16,18,21-24,28,30-32,42H,4-8,10-11,15,17,19-20H2,1-3H3,(H,36,39)(H,38,44)(H,40,45)(H,41,43)/t28-,30-,31-,32-/m0/s1. The number of hydrogen-bond acceptors (Lipinski definition) is 6. The van der Waals surface area contributed by atoms with Gasteiger partial charge in [-0.15, -0.1) is 0 Å². The van der Waals surface area contributed by atoms with Gasteiger partial charge in [0.2, 0.25) is 11.8 Å². The molecule has 3 amide bonds. The van der Waals surface area contributed by atoms with Crippen LogP contribution >= 0.6 is 0 Å². The highest BCUT2D eigenvalue weighted by molar-refractivity contribution is 5.98. The molecule has 0 saturated heterocycles. The van der Waals surface area contributed by atoms with E-state index in [0.717, 1.165) is 49.8 Å². The fourth-order valence-electron chi connectivity index (χ4n) is 6.28. The van der Waals surface area contributed by atoms with Crippen LogP contribution in [-0.2, 0) is 16.0 Å². The Morgan fingerprint density at radius 1 is 1.04 bits per heavy atom. The van der Waals surface area contributed by atoms with Crippen LogP contribution in [0.2, 0.25) is 0 Å². The van der Waals surface area contributed by atoms with E-state index in [0.29, 0.717) is 30.1 Å². The van der Waals surface area contributed by atoms with Crippen LogP contribution in [0.1, 0.15) is 94.6 Å². The van der Waals surface area contributed by atoms with Crippen molar-refractivity contribution >= 4 is 17.7 Å². The number of amides is 3. The van der Waals surface area contributed by atoms with Crippen LogP contribution in [-0.4, -0.2) is 62.5 Å². The minimum atomic E-state index is -0.932. The molecule has 1 aliphatic heterocycles. The fourth-order valence-corrected chi connectivity index (χ4v) is 6.28. The summed E-state index contributed by atoms with van der Waals surface area (Å²) in [6.45, 7) is 6.67. The van der Waals surface area contributed by atoms with Gasteiger partial charge >= 0.3 is 0 Å². The quantitative estimate of drug-likeness (QED) is 0.148. The first kappa shape index (κ1) is 34.1. The van der Waals surface area contributed by atoms with Crippen molar-refractivity contribution in [3.63, 3.8) is 0 Å². The zero-order valence-electron chi connectivity index (χ0n) is 26.9. The van der Waals surface area contributed by atoms with Crippen molar-refractivity contribution in [1.29, 1.82) is 0 Å². The maximum atomic E-state index is 14.0. The van der Waals surface area contributed by atoms with Crippen molar-refractivity contribution in [1.82, 2.24) is 30.9 Å². The van der Waals surface area contributed by atoms with Crippen molar-refractivity contribution in [2.24, 2.45) is 17.8 Å². The average molecular weight is 619 g/mol. The minimum Gasteiger partial charge on any atom is -0.391 e. The topological polar surface area (TPSA) is 149 Å². The van der Waals surface area contributed by atoms with E-state index in [4.69, 9.17) is 0 Å². The lowest BCUT2D eigenvalue weighted by Crippen LogP contribution is -2.54. The number of H-pyrrole nitrogens is 1. The molecule has 0 unspecified atom stereocenters. The van der Waals surface area contributed by atoms with Gasteiger partial charge in [0.05, 0.1) is 29.9 Å². The van der Waals surface area contributed by atoms with Gasteiger partial charge in [0.1, 0.15) is 6.04 Å². The predicted octanol–water partition coefficient (Wildman–Crippen LogP) is 4.65. The van der Waals surface area contributed by atoms with E-state index >= 15 is 0 Å². The van der Waals surface area contributed by atoms with Crippen LogP contribution in [0.25, 0.3) is 11.3 Å². The van der Waals surface area contributed by atoms with Crippen molar-refractivity contribution in [2.45, 2.75) is 103 Å². The van der Waals surface area contributed by atoms with Gasteiger partial charge in [-0.1, -0.05) is 65.4 Å². The molecule has 4 atom stereocenters. The molecule has 0 aromatic carbocycles. The van der Waals surface area contributed by atoms with Crippen LogP contribution in [0.5, 0.6) is 0 Å². The number of imidazole rings is 1. The number of rotatable bonds is 16. The Hall–Kier alpha value is -3.79. The summed E-state index contributed by atoms with van der Waals surface area (Å²) in [6.07, 6.45) is 12.5. The van der Waals surface area contributed by atoms with Gasteiger partial charge in [-0.25, -0.2) is 4.98 Å². The molecule has 1 fully saturated rings. The largest absolute Gasteiger partial charge is 0.391 e. The number of aliphatic hydroxyl groups is 1. The summed E-state index contributed by atoms with van der Waals surface area (Å²) in [5.41, 5.74) is 2.64. The fraction of sp³-hybridized carbons (Fsp3) is 0.571. The van der Waals surface area contributed by atoms with Crippen LogP contribution in [0, 0.1) is 17.8 Å². The third kappa shape index (κ3) is 10.1. The number of aromatic nitrogens is 3. The molecule has 3 aliphatic rings. The van der Waals surface area contributed by atoms with E-state index in [9.17, 15) is 19.5 Å². The second kappa shape index (κ2) is 17.1. The number of carbonyl (C=O) groups is 3. The summed E-state index contributed by atoms with van der Waals surface area (Å²) in [5, 5.41) is 20.7. The highest BCUT2D eigenvalue weighted by atomic mass is 16.3. The number of unbranched alkanes of at least 4 members (excludes halogenated alkanes) is 1. The first-order valence-electron chi connectivity index (χ1n) is 16.6. The molecule has 0 radical (unpaired) electrons. The Morgan fingerprint density at radius 3 is 2.56 bits per heavy atom. The van der Waals surface area contributed by atoms with Crippen molar-refractivity contribution in [3.05, 3.63) is 60.3 Å². The first-order valence-corrected chi connectivity index (χ1v) is 16.6. The summed E-state index contributed by atoms with van der Waals surface area (Å²) in [6, 6.07) is 7.42. The second-order valence-electron chi connectivity index (χ2n) is 12.9. The zero-order valence-corrected chi connectivity index (χ0v) is 26.9. The van der Waals surface area contributed by atoms with Crippen molar-refractivity contribution in [2.75, 3.05) is 6.54 Å². The Morgan fingerprint density at radius 2 is 1.84 bits per heavy atom. The Bertz CT molecular complexity index is 1320. The average Bonchev–Trinajstić information content (AvgIpc) is 3.66. The minimum absolute atomic E-state index is 0.0234. The second-order valence-corrected chi connectivity index (χ2v) is 12.9. The Kier molecular flexibility index (Phi) is 12.9. The lowest BCUT2D eigenvalue weighted by atomic mass is 9.81. The van der Waals surface area contributed by atoms with Gasteiger partial charge in [-0.3, -0.25) is 19.4 Å². The highest BCUT2D eigenvalue weighted by Crippen LogP contribution is 2.30. The molecule has 45 heavy (non-hydrogen) atoms. The molecular weight excluding hydrogens is 568 g/mol. The molecule has 4 rings (SSSR count). The maximum Gasteiger partial charge on any atom is 0.251 e. The molecule has 1 aromatic rings. The number of aromatic amines is 1. The molecule has 0 spiro atoms. The molecule has 0 bridgehead atoms. The number of nitrogens with zero attached hydrogens (tertiary/aromatic N) is 2. The SMILES string of the molecule is CCCCNC(=O)[C@@H](C[C@H](O)[C@H](CC1CCCCC1)NC(=O)[C@H](Cc1c[nH]cn1)NC(=O)c1cccc2nccc-2c1)C(C)C. The Labute approximate surface area is 266 Å². The first-order chi connectivity index (χ1) is 21.7. The molecule has 244 valence electrons. The number of hydrogen-bond donors (Lipinski definition) is 5. The molecular formula is C35H50N6O4. The maximum absolute atomic E-state index is 14.0. The van der Waals surface area contributed by atoms with Crippen LogP contribution in [0.15, 0.2) is 49.1 Å². The summed E-state index contributed by atoms with van der Waals surface area (Å²) >= 11 is 0. The van der Waals surface area contributed by atoms with Crippen LogP contribution in [0.3, 0.4) is 0 Å². The third-order valence-corrected chi connectivity index (χ3v) is 9.03. The predicted molar refractivity (Wildman–Crippen MR) is 174 cm³/mol. The zero-order chi connectivity index (χ0) is 32.2. The number of carbonyl (C=O) groups excluding carboxylic acids is 3. The number of nitrogens with one attached hydrogen (secondary N) is 4. The van der Waals surface area contributed by atoms with Gasteiger partial charge in [0.25, 0.3) is 5.91 Å². The van der Waals surface area contributed by atoms with E-state index in [2.05, 4.69) is 37.8 Å². The molecule has 10 heteroatoms. The normalized spacial score (nSPS) is 16.6.